The molecule has 0 amide bonds. The second-order valence-electron chi connectivity index (χ2n) is 6.86. The van der Waals surface area contributed by atoms with E-state index in [-0.39, 0.29) is 6.10 Å². The fourth-order valence-corrected chi connectivity index (χ4v) is 2.90. The number of aliphatic imine (C=N–C) groups is 1. The minimum Gasteiger partial charge on any atom is -0.379 e. The Bertz CT molecular complexity index is 569. The lowest BCUT2D eigenvalue weighted by atomic mass is 10.1. The van der Waals surface area contributed by atoms with Crippen LogP contribution in [-0.4, -0.2) is 59.1 Å². The first-order valence-electron chi connectivity index (χ1n) is 9.58. The Morgan fingerprint density at radius 1 is 1.35 bits per heavy atom. The fraction of sp³-hybridized carbons (Fsp3) is 0.650. The van der Waals surface area contributed by atoms with Gasteiger partial charge in [-0.2, -0.15) is 0 Å². The fourth-order valence-electron chi connectivity index (χ4n) is 2.90. The number of ether oxygens (including phenoxy) is 2. The van der Waals surface area contributed by atoms with Crippen LogP contribution in [0.5, 0.6) is 0 Å². The van der Waals surface area contributed by atoms with Crippen LogP contribution in [0.2, 0.25) is 0 Å². The standard InChI is InChI=1S/C20H34N4O2/c1-5-21-20(22-10-6-11-26-18-9-12-25-15-18)23-14-17-8-7-16(2)13-19(17)24(3)4/h7-8,13,18H,5-6,9-12,14-15H2,1-4H3,(H2,21,22,23). The summed E-state index contributed by atoms with van der Waals surface area (Å²) in [5.74, 6) is 0.849. The SMILES string of the molecule is CCNC(=NCc1ccc(C)cc1N(C)C)NCCCOC1CCOC1. The molecular formula is C20H34N4O2. The van der Waals surface area contributed by atoms with Gasteiger partial charge in [0, 0.05) is 46.1 Å². The van der Waals surface area contributed by atoms with Gasteiger partial charge in [-0.15, -0.1) is 0 Å². The second kappa shape index (κ2) is 11.0. The minimum atomic E-state index is 0.280. The Labute approximate surface area is 158 Å². The molecule has 1 aromatic carbocycles. The lowest BCUT2D eigenvalue weighted by Crippen LogP contribution is -2.38. The van der Waals surface area contributed by atoms with E-state index in [1.54, 1.807) is 0 Å². The lowest BCUT2D eigenvalue weighted by molar-refractivity contribution is 0.0420. The normalized spacial score (nSPS) is 17.4. The van der Waals surface area contributed by atoms with Gasteiger partial charge in [0.1, 0.15) is 0 Å². The summed E-state index contributed by atoms with van der Waals surface area (Å²) in [5, 5.41) is 6.70. The van der Waals surface area contributed by atoms with Gasteiger partial charge in [-0.05, 0) is 43.9 Å². The van der Waals surface area contributed by atoms with Crippen molar-refractivity contribution in [1.82, 2.24) is 10.6 Å². The summed E-state index contributed by atoms with van der Waals surface area (Å²) in [6.07, 6.45) is 2.25. The molecule has 1 aliphatic rings. The molecule has 2 rings (SSSR count). The average molecular weight is 363 g/mol. The summed E-state index contributed by atoms with van der Waals surface area (Å²) in [7, 11) is 4.14. The summed E-state index contributed by atoms with van der Waals surface area (Å²) >= 11 is 0. The molecule has 146 valence electrons. The third kappa shape index (κ3) is 6.84. The van der Waals surface area contributed by atoms with Crippen LogP contribution in [0.25, 0.3) is 0 Å². The molecule has 0 radical (unpaired) electrons. The van der Waals surface area contributed by atoms with E-state index in [1.807, 2.05) is 0 Å². The number of benzene rings is 1. The number of hydrogen-bond acceptors (Lipinski definition) is 4. The Kier molecular flexibility index (Phi) is 8.71. The molecule has 1 atom stereocenters. The highest BCUT2D eigenvalue weighted by Crippen LogP contribution is 2.21. The average Bonchev–Trinajstić information content (AvgIpc) is 3.13. The number of guanidine groups is 1. The highest BCUT2D eigenvalue weighted by atomic mass is 16.5. The van der Waals surface area contributed by atoms with Gasteiger partial charge in [-0.25, -0.2) is 4.99 Å². The molecular weight excluding hydrogens is 328 g/mol. The number of aryl methyl sites for hydroxylation is 1. The molecule has 0 aromatic heterocycles. The number of hydrogen-bond donors (Lipinski definition) is 2. The maximum Gasteiger partial charge on any atom is 0.191 e. The van der Waals surface area contributed by atoms with Crippen molar-refractivity contribution in [2.45, 2.75) is 39.3 Å². The van der Waals surface area contributed by atoms with Crippen molar-refractivity contribution in [3.05, 3.63) is 29.3 Å². The summed E-state index contributed by atoms with van der Waals surface area (Å²) in [6.45, 7) is 8.85. The monoisotopic (exact) mass is 362 g/mol. The number of nitrogens with one attached hydrogen (secondary N) is 2. The molecule has 1 unspecified atom stereocenters. The Morgan fingerprint density at radius 3 is 2.88 bits per heavy atom. The summed E-state index contributed by atoms with van der Waals surface area (Å²) in [5.41, 5.74) is 3.71. The molecule has 0 aliphatic carbocycles. The van der Waals surface area contributed by atoms with E-state index in [0.717, 1.165) is 51.7 Å². The van der Waals surface area contributed by atoms with E-state index in [1.165, 1.54) is 16.8 Å². The van der Waals surface area contributed by atoms with Crippen molar-refractivity contribution in [3.63, 3.8) is 0 Å². The van der Waals surface area contributed by atoms with Crippen molar-refractivity contribution >= 4 is 11.6 Å². The molecule has 1 aromatic rings. The smallest absolute Gasteiger partial charge is 0.191 e. The molecule has 2 N–H and O–H groups in total. The number of anilines is 1. The van der Waals surface area contributed by atoms with Gasteiger partial charge in [-0.1, -0.05) is 12.1 Å². The first-order chi connectivity index (χ1) is 12.6. The van der Waals surface area contributed by atoms with Crippen LogP contribution < -0.4 is 15.5 Å². The van der Waals surface area contributed by atoms with Crippen LogP contribution in [-0.2, 0) is 16.0 Å². The molecule has 26 heavy (non-hydrogen) atoms. The predicted molar refractivity (Wildman–Crippen MR) is 108 cm³/mol. The Morgan fingerprint density at radius 2 is 2.19 bits per heavy atom. The van der Waals surface area contributed by atoms with Crippen LogP contribution in [0.3, 0.4) is 0 Å². The second-order valence-corrected chi connectivity index (χ2v) is 6.86. The molecule has 1 aliphatic heterocycles. The van der Waals surface area contributed by atoms with Gasteiger partial charge >= 0.3 is 0 Å². The van der Waals surface area contributed by atoms with Crippen molar-refractivity contribution < 1.29 is 9.47 Å². The maximum absolute atomic E-state index is 5.80. The number of rotatable bonds is 9. The highest BCUT2D eigenvalue weighted by molar-refractivity contribution is 5.79. The molecule has 0 bridgehead atoms. The molecule has 6 heteroatoms. The van der Waals surface area contributed by atoms with Gasteiger partial charge in [-0.3, -0.25) is 0 Å². The van der Waals surface area contributed by atoms with E-state index in [0.29, 0.717) is 6.54 Å². The van der Waals surface area contributed by atoms with Gasteiger partial charge in [0.25, 0.3) is 0 Å². The van der Waals surface area contributed by atoms with E-state index >= 15 is 0 Å². The summed E-state index contributed by atoms with van der Waals surface area (Å²) in [4.78, 5) is 6.88. The highest BCUT2D eigenvalue weighted by Gasteiger charge is 2.15. The third-order valence-electron chi connectivity index (χ3n) is 4.33. The largest absolute Gasteiger partial charge is 0.379 e. The quantitative estimate of drug-likeness (QED) is 0.401. The van der Waals surface area contributed by atoms with Crippen molar-refractivity contribution in [3.8, 4) is 0 Å². The predicted octanol–water partition coefficient (Wildman–Crippen LogP) is 2.31. The van der Waals surface area contributed by atoms with Crippen molar-refractivity contribution in [1.29, 1.82) is 0 Å². The van der Waals surface area contributed by atoms with Crippen LogP contribution in [0.4, 0.5) is 5.69 Å². The summed E-state index contributed by atoms with van der Waals surface area (Å²) in [6, 6.07) is 6.51. The lowest BCUT2D eigenvalue weighted by Gasteiger charge is -2.18. The van der Waals surface area contributed by atoms with E-state index < -0.39 is 0 Å². The van der Waals surface area contributed by atoms with E-state index in [2.05, 4.69) is 61.7 Å². The topological polar surface area (TPSA) is 58.1 Å². The molecule has 0 saturated carbocycles. The molecule has 0 spiro atoms. The van der Waals surface area contributed by atoms with Crippen LogP contribution in [0.1, 0.15) is 30.9 Å². The Balaban J connectivity index is 1.82. The van der Waals surface area contributed by atoms with Gasteiger partial charge in [0.2, 0.25) is 0 Å². The van der Waals surface area contributed by atoms with Gasteiger partial charge < -0.3 is 25.0 Å². The van der Waals surface area contributed by atoms with Crippen LogP contribution in [0.15, 0.2) is 23.2 Å². The molecule has 1 saturated heterocycles. The minimum absolute atomic E-state index is 0.280. The van der Waals surface area contributed by atoms with E-state index in [9.17, 15) is 0 Å². The third-order valence-corrected chi connectivity index (χ3v) is 4.33. The molecule has 1 fully saturated rings. The zero-order valence-corrected chi connectivity index (χ0v) is 16.7. The van der Waals surface area contributed by atoms with Gasteiger partial charge in [0.05, 0.1) is 19.3 Å². The Hall–Kier alpha value is -1.79. The van der Waals surface area contributed by atoms with Crippen LogP contribution in [0, 0.1) is 6.92 Å². The van der Waals surface area contributed by atoms with Crippen molar-refractivity contribution in [2.24, 2.45) is 4.99 Å². The van der Waals surface area contributed by atoms with Gasteiger partial charge in [0.15, 0.2) is 5.96 Å². The summed E-state index contributed by atoms with van der Waals surface area (Å²) < 4.78 is 11.1. The number of nitrogens with zero attached hydrogens (tertiary/aromatic N) is 2. The first-order valence-corrected chi connectivity index (χ1v) is 9.58. The van der Waals surface area contributed by atoms with Crippen molar-refractivity contribution in [2.75, 3.05) is 51.9 Å². The zero-order chi connectivity index (χ0) is 18.8. The van der Waals surface area contributed by atoms with E-state index in [4.69, 9.17) is 14.5 Å². The zero-order valence-electron chi connectivity index (χ0n) is 16.7. The molecule has 1 heterocycles. The van der Waals surface area contributed by atoms with Crippen LogP contribution >= 0.6 is 0 Å². The maximum atomic E-state index is 5.80. The first kappa shape index (κ1) is 20.5. The molecule has 6 nitrogen and oxygen atoms in total.